The number of rotatable bonds is 0. The van der Waals surface area contributed by atoms with Gasteiger partial charge in [0.1, 0.15) is 0 Å². The fourth-order valence-electron chi connectivity index (χ4n) is 2.74. The monoisotopic (exact) mass is 253 g/mol. The highest BCUT2D eigenvalue weighted by molar-refractivity contribution is 5.79. The molecule has 3 nitrogen and oxygen atoms in total. The second-order valence-electron chi connectivity index (χ2n) is 5.44. The summed E-state index contributed by atoms with van der Waals surface area (Å²) in [5.74, 6) is 0.352. The van der Waals surface area contributed by atoms with E-state index in [1.165, 1.54) is 11.1 Å². The third kappa shape index (κ3) is 1.73. The molecule has 3 rings (SSSR count). The smallest absolute Gasteiger partial charge is 0.0443 e. The van der Waals surface area contributed by atoms with Gasteiger partial charge < -0.3 is 16.8 Å². The molecule has 0 bridgehead atoms. The molecule has 1 aliphatic rings. The summed E-state index contributed by atoms with van der Waals surface area (Å²) in [7, 11) is 0. The fourth-order valence-corrected chi connectivity index (χ4v) is 2.74. The maximum Gasteiger partial charge on any atom is 0.0443 e. The van der Waals surface area contributed by atoms with Gasteiger partial charge in [-0.25, -0.2) is 0 Å². The number of anilines is 4. The van der Waals surface area contributed by atoms with E-state index in [-0.39, 0.29) is 0 Å². The number of benzene rings is 2. The Morgan fingerprint density at radius 3 is 1.68 bits per heavy atom. The average Bonchev–Trinajstić information content (AvgIpc) is 2.35. The summed E-state index contributed by atoms with van der Waals surface area (Å²) in [6, 6.07) is 8.38. The molecular formula is C16H19N3. The van der Waals surface area contributed by atoms with E-state index >= 15 is 0 Å². The normalized spacial score (nSPS) is 13.6. The van der Waals surface area contributed by atoms with Gasteiger partial charge in [0.2, 0.25) is 0 Å². The summed E-state index contributed by atoms with van der Waals surface area (Å²) >= 11 is 0. The number of hydrogen-bond acceptors (Lipinski definition) is 3. The molecular weight excluding hydrogens is 234 g/mol. The van der Waals surface area contributed by atoms with E-state index in [0.717, 1.165) is 33.9 Å². The fraction of sp³-hybridized carbons (Fsp3) is 0.250. The third-order valence-corrected chi connectivity index (χ3v) is 4.08. The molecule has 0 saturated carbocycles. The zero-order valence-corrected chi connectivity index (χ0v) is 11.5. The summed E-state index contributed by atoms with van der Waals surface area (Å²) < 4.78 is 0. The highest BCUT2D eigenvalue weighted by Gasteiger charge is 2.23. The summed E-state index contributed by atoms with van der Waals surface area (Å²) in [6.07, 6.45) is 0. The molecule has 0 unspecified atom stereocenters. The molecule has 3 heteroatoms. The lowest BCUT2D eigenvalue weighted by Crippen LogP contribution is -2.12. The van der Waals surface area contributed by atoms with Crippen LogP contribution in [0.5, 0.6) is 0 Å². The molecule has 2 aromatic carbocycles. The minimum atomic E-state index is 0.352. The first-order valence-corrected chi connectivity index (χ1v) is 6.54. The van der Waals surface area contributed by atoms with Crippen LogP contribution in [0.1, 0.15) is 35.1 Å². The zero-order valence-electron chi connectivity index (χ0n) is 11.5. The lowest BCUT2D eigenvalue weighted by Gasteiger charge is -2.28. The molecule has 19 heavy (non-hydrogen) atoms. The lowest BCUT2D eigenvalue weighted by atomic mass is 9.85. The Balaban J connectivity index is 2.20. The molecule has 2 aromatic rings. The number of nitrogens with two attached hydrogens (primary N) is 2. The first kappa shape index (κ1) is 11.9. The van der Waals surface area contributed by atoms with Crippen molar-refractivity contribution in [2.24, 2.45) is 0 Å². The number of nitrogen functional groups attached to an aromatic ring is 2. The number of nitrogens with one attached hydrogen (secondary N) is 1. The maximum atomic E-state index is 6.00. The third-order valence-electron chi connectivity index (χ3n) is 4.08. The highest BCUT2D eigenvalue weighted by atomic mass is 14.9. The molecule has 0 saturated heterocycles. The van der Waals surface area contributed by atoms with Gasteiger partial charge in [0.25, 0.3) is 0 Å². The van der Waals surface area contributed by atoms with Crippen molar-refractivity contribution in [2.75, 3.05) is 16.8 Å². The van der Waals surface area contributed by atoms with Gasteiger partial charge in [-0.1, -0.05) is 19.1 Å². The van der Waals surface area contributed by atoms with Crippen LogP contribution < -0.4 is 16.8 Å². The van der Waals surface area contributed by atoms with Crippen molar-refractivity contribution in [2.45, 2.75) is 26.7 Å². The van der Waals surface area contributed by atoms with Crippen molar-refractivity contribution in [3.05, 3.63) is 46.5 Å². The first-order valence-electron chi connectivity index (χ1n) is 6.54. The number of fused-ring (bicyclic) bond motifs is 2. The standard InChI is InChI=1S/C16H19N3/c1-8-4-11-10(3)12-5-9(2)14(18)7-16(12)19-15(11)6-13(8)17/h4-7,10,19H,17-18H2,1-3H3. The molecule has 0 radical (unpaired) electrons. The van der Waals surface area contributed by atoms with Gasteiger partial charge in [0.05, 0.1) is 0 Å². The van der Waals surface area contributed by atoms with Crippen LogP contribution in [0.25, 0.3) is 0 Å². The van der Waals surface area contributed by atoms with Gasteiger partial charge in [-0.2, -0.15) is 0 Å². The Labute approximate surface area is 113 Å². The Morgan fingerprint density at radius 2 is 1.26 bits per heavy atom. The molecule has 1 aliphatic heterocycles. The van der Waals surface area contributed by atoms with E-state index in [9.17, 15) is 0 Å². The van der Waals surface area contributed by atoms with Crippen LogP contribution in [-0.2, 0) is 0 Å². The number of aryl methyl sites for hydroxylation is 2. The summed E-state index contributed by atoms with van der Waals surface area (Å²) in [6.45, 7) is 6.32. The second kappa shape index (κ2) is 3.92. The molecule has 0 aliphatic carbocycles. The zero-order chi connectivity index (χ0) is 13.7. The summed E-state index contributed by atoms with van der Waals surface area (Å²) in [5, 5.41) is 3.45. The molecule has 0 spiro atoms. The molecule has 0 aromatic heterocycles. The van der Waals surface area contributed by atoms with Crippen LogP contribution in [-0.4, -0.2) is 0 Å². The van der Waals surface area contributed by atoms with E-state index < -0.39 is 0 Å². The average molecular weight is 253 g/mol. The SMILES string of the molecule is Cc1cc2c(cc1N)Nc1cc(N)c(C)cc1C2C. The van der Waals surface area contributed by atoms with Crippen LogP contribution >= 0.6 is 0 Å². The van der Waals surface area contributed by atoms with Gasteiger partial charge >= 0.3 is 0 Å². The van der Waals surface area contributed by atoms with E-state index in [1.54, 1.807) is 0 Å². The first-order chi connectivity index (χ1) is 8.97. The van der Waals surface area contributed by atoms with E-state index in [4.69, 9.17) is 11.5 Å². The molecule has 0 fully saturated rings. The van der Waals surface area contributed by atoms with Gasteiger partial charge in [-0.15, -0.1) is 0 Å². The second-order valence-corrected chi connectivity index (χ2v) is 5.44. The molecule has 1 heterocycles. The quantitative estimate of drug-likeness (QED) is 0.627. The van der Waals surface area contributed by atoms with E-state index in [2.05, 4.69) is 24.4 Å². The van der Waals surface area contributed by atoms with Gasteiger partial charge in [-0.3, -0.25) is 0 Å². The molecule has 0 amide bonds. The summed E-state index contributed by atoms with van der Waals surface area (Å²) in [4.78, 5) is 0. The Kier molecular flexibility index (Phi) is 2.45. The van der Waals surface area contributed by atoms with Crippen molar-refractivity contribution < 1.29 is 0 Å². The largest absolute Gasteiger partial charge is 0.398 e. The lowest BCUT2D eigenvalue weighted by molar-refractivity contribution is 0.908. The van der Waals surface area contributed by atoms with Gasteiger partial charge in [0.15, 0.2) is 0 Å². The van der Waals surface area contributed by atoms with Crippen LogP contribution in [0.15, 0.2) is 24.3 Å². The van der Waals surface area contributed by atoms with Crippen LogP contribution in [0.4, 0.5) is 22.7 Å². The number of hydrogen-bond donors (Lipinski definition) is 3. The van der Waals surface area contributed by atoms with Crippen molar-refractivity contribution in [1.82, 2.24) is 0 Å². The summed E-state index contributed by atoms with van der Waals surface area (Å²) in [5.41, 5.74) is 20.7. The Bertz CT molecular complexity index is 617. The van der Waals surface area contributed by atoms with Gasteiger partial charge in [0, 0.05) is 28.7 Å². The van der Waals surface area contributed by atoms with E-state index in [0.29, 0.717) is 5.92 Å². The minimum absolute atomic E-state index is 0.352. The Morgan fingerprint density at radius 1 is 0.842 bits per heavy atom. The molecule has 98 valence electrons. The molecule has 0 atom stereocenters. The van der Waals surface area contributed by atoms with Crippen LogP contribution in [0.3, 0.4) is 0 Å². The topological polar surface area (TPSA) is 64.1 Å². The van der Waals surface area contributed by atoms with Crippen LogP contribution in [0, 0.1) is 13.8 Å². The minimum Gasteiger partial charge on any atom is -0.398 e. The van der Waals surface area contributed by atoms with Crippen molar-refractivity contribution in [3.8, 4) is 0 Å². The van der Waals surface area contributed by atoms with Crippen molar-refractivity contribution in [3.63, 3.8) is 0 Å². The van der Waals surface area contributed by atoms with E-state index in [1.807, 2.05) is 26.0 Å². The van der Waals surface area contributed by atoms with Crippen molar-refractivity contribution in [1.29, 1.82) is 0 Å². The predicted molar refractivity (Wildman–Crippen MR) is 82.0 cm³/mol. The maximum absolute atomic E-state index is 6.00. The van der Waals surface area contributed by atoms with Gasteiger partial charge in [-0.05, 0) is 48.2 Å². The van der Waals surface area contributed by atoms with Crippen LogP contribution in [0.2, 0.25) is 0 Å². The molecule has 5 N–H and O–H groups in total. The van der Waals surface area contributed by atoms with Crippen molar-refractivity contribution >= 4 is 22.7 Å². The highest BCUT2D eigenvalue weighted by Crippen LogP contribution is 2.43. The Hall–Kier alpha value is -2.16. The predicted octanol–water partition coefficient (Wildman–Crippen LogP) is 3.68.